The van der Waals surface area contributed by atoms with Crippen LogP contribution in [0.3, 0.4) is 0 Å². The fourth-order valence-corrected chi connectivity index (χ4v) is 1.49. The van der Waals surface area contributed by atoms with Crippen molar-refractivity contribution in [3.63, 3.8) is 0 Å². The standard InChI is InChI=1S/C9H19NO6/c10-2-1-3-15-9-8(14)7(13)6(12)5(4-11)16-9/h5-9,11-14H,1-4,10H2/t5?,6-,7+,8-,9+/m1/s1. The Balaban J connectivity index is 2.50. The lowest BCUT2D eigenvalue weighted by atomic mass is 9.99. The van der Waals surface area contributed by atoms with Crippen molar-refractivity contribution in [2.24, 2.45) is 5.73 Å². The average Bonchev–Trinajstić information content (AvgIpc) is 2.29. The maximum Gasteiger partial charge on any atom is 0.186 e. The van der Waals surface area contributed by atoms with E-state index in [0.717, 1.165) is 0 Å². The normalized spacial score (nSPS) is 39.9. The van der Waals surface area contributed by atoms with Gasteiger partial charge in [-0.2, -0.15) is 0 Å². The fourth-order valence-electron chi connectivity index (χ4n) is 1.49. The summed E-state index contributed by atoms with van der Waals surface area (Å²) in [6.45, 7) is 0.262. The zero-order valence-corrected chi connectivity index (χ0v) is 8.90. The molecule has 7 heteroatoms. The van der Waals surface area contributed by atoms with Crippen LogP contribution in [0.2, 0.25) is 0 Å². The molecule has 1 aliphatic rings. The fraction of sp³-hybridized carbons (Fsp3) is 1.00. The lowest BCUT2D eigenvalue weighted by Gasteiger charge is -2.39. The van der Waals surface area contributed by atoms with Crippen molar-refractivity contribution in [3.05, 3.63) is 0 Å². The summed E-state index contributed by atoms with van der Waals surface area (Å²) in [5.41, 5.74) is 5.27. The second kappa shape index (κ2) is 6.45. The molecule has 96 valence electrons. The minimum atomic E-state index is -1.39. The molecule has 1 heterocycles. The first-order chi connectivity index (χ1) is 7.61. The van der Waals surface area contributed by atoms with Crippen molar-refractivity contribution < 1.29 is 29.9 Å². The first kappa shape index (κ1) is 13.8. The summed E-state index contributed by atoms with van der Waals surface area (Å²) in [5.74, 6) is 0. The summed E-state index contributed by atoms with van der Waals surface area (Å²) < 4.78 is 10.3. The minimum Gasteiger partial charge on any atom is -0.394 e. The number of aliphatic hydroxyl groups excluding tert-OH is 4. The van der Waals surface area contributed by atoms with Crippen molar-refractivity contribution in [1.82, 2.24) is 0 Å². The van der Waals surface area contributed by atoms with Crippen LogP contribution in [0, 0.1) is 0 Å². The molecule has 0 spiro atoms. The van der Waals surface area contributed by atoms with E-state index in [1.807, 2.05) is 0 Å². The van der Waals surface area contributed by atoms with Gasteiger partial charge >= 0.3 is 0 Å². The van der Waals surface area contributed by atoms with Crippen molar-refractivity contribution in [1.29, 1.82) is 0 Å². The summed E-state index contributed by atoms with van der Waals surface area (Å²) in [7, 11) is 0. The highest BCUT2D eigenvalue weighted by Crippen LogP contribution is 2.21. The lowest BCUT2D eigenvalue weighted by Crippen LogP contribution is -2.59. The first-order valence-corrected chi connectivity index (χ1v) is 5.24. The lowest BCUT2D eigenvalue weighted by molar-refractivity contribution is -0.301. The number of rotatable bonds is 5. The van der Waals surface area contributed by atoms with Crippen LogP contribution in [-0.4, -0.2) is 70.9 Å². The molecule has 16 heavy (non-hydrogen) atoms. The van der Waals surface area contributed by atoms with Gasteiger partial charge in [-0.3, -0.25) is 0 Å². The van der Waals surface area contributed by atoms with E-state index < -0.39 is 37.3 Å². The van der Waals surface area contributed by atoms with E-state index in [1.165, 1.54) is 0 Å². The van der Waals surface area contributed by atoms with E-state index in [1.54, 1.807) is 0 Å². The average molecular weight is 237 g/mol. The number of nitrogens with two attached hydrogens (primary N) is 1. The molecular weight excluding hydrogens is 218 g/mol. The smallest absolute Gasteiger partial charge is 0.186 e. The van der Waals surface area contributed by atoms with Crippen LogP contribution in [0.1, 0.15) is 6.42 Å². The van der Waals surface area contributed by atoms with E-state index in [9.17, 15) is 15.3 Å². The quantitative estimate of drug-likeness (QED) is 0.326. The first-order valence-electron chi connectivity index (χ1n) is 5.24. The largest absolute Gasteiger partial charge is 0.394 e. The number of hydrogen-bond donors (Lipinski definition) is 5. The van der Waals surface area contributed by atoms with Crippen LogP contribution in [0.5, 0.6) is 0 Å². The highest BCUT2D eigenvalue weighted by Gasteiger charge is 2.43. The molecule has 0 aromatic heterocycles. The van der Waals surface area contributed by atoms with Gasteiger partial charge in [-0.15, -0.1) is 0 Å². The van der Waals surface area contributed by atoms with Crippen LogP contribution in [-0.2, 0) is 9.47 Å². The molecule has 0 bridgehead atoms. The topological polar surface area (TPSA) is 125 Å². The molecule has 0 amide bonds. The molecule has 0 aromatic carbocycles. The molecule has 0 aliphatic carbocycles. The third-order valence-electron chi connectivity index (χ3n) is 2.48. The molecular formula is C9H19NO6. The summed E-state index contributed by atoms with van der Waals surface area (Å²) in [6.07, 6.45) is -5.48. The Morgan fingerprint density at radius 1 is 1.12 bits per heavy atom. The molecule has 1 saturated heterocycles. The van der Waals surface area contributed by atoms with Gasteiger partial charge < -0.3 is 35.6 Å². The molecule has 1 aliphatic heterocycles. The van der Waals surface area contributed by atoms with Crippen LogP contribution >= 0.6 is 0 Å². The van der Waals surface area contributed by atoms with Crippen LogP contribution in [0.25, 0.3) is 0 Å². The summed E-state index contributed by atoms with van der Waals surface area (Å²) in [5, 5.41) is 37.4. The molecule has 5 atom stereocenters. The Morgan fingerprint density at radius 3 is 2.38 bits per heavy atom. The Kier molecular flexibility index (Phi) is 5.56. The Morgan fingerprint density at radius 2 is 1.81 bits per heavy atom. The number of hydrogen-bond acceptors (Lipinski definition) is 7. The van der Waals surface area contributed by atoms with E-state index in [2.05, 4.69) is 0 Å². The predicted molar refractivity (Wildman–Crippen MR) is 53.4 cm³/mol. The van der Waals surface area contributed by atoms with Crippen molar-refractivity contribution in [2.45, 2.75) is 37.1 Å². The van der Waals surface area contributed by atoms with E-state index in [-0.39, 0.29) is 6.61 Å². The molecule has 0 radical (unpaired) electrons. The Bertz CT molecular complexity index is 202. The summed E-state index contributed by atoms with van der Waals surface area (Å²) in [6, 6.07) is 0. The molecule has 6 N–H and O–H groups in total. The highest BCUT2D eigenvalue weighted by atomic mass is 16.7. The van der Waals surface area contributed by atoms with E-state index >= 15 is 0 Å². The van der Waals surface area contributed by atoms with Gasteiger partial charge in [0.2, 0.25) is 0 Å². The molecule has 7 nitrogen and oxygen atoms in total. The van der Waals surface area contributed by atoms with Crippen molar-refractivity contribution in [2.75, 3.05) is 19.8 Å². The van der Waals surface area contributed by atoms with Crippen LogP contribution in [0.4, 0.5) is 0 Å². The predicted octanol–water partition coefficient (Wildman–Crippen LogP) is -2.85. The highest BCUT2D eigenvalue weighted by molar-refractivity contribution is 4.88. The van der Waals surface area contributed by atoms with Gasteiger partial charge in [0.15, 0.2) is 6.29 Å². The maximum absolute atomic E-state index is 9.55. The van der Waals surface area contributed by atoms with Crippen molar-refractivity contribution >= 4 is 0 Å². The third kappa shape index (κ3) is 3.11. The van der Waals surface area contributed by atoms with Crippen molar-refractivity contribution in [3.8, 4) is 0 Å². The van der Waals surface area contributed by atoms with Gasteiger partial charge in [-0.1, -0.05) is 0 Å². The Hall–Kier alpha value is -0.280. The third-order valence-corrected chi connectivity index (χ3v) is 2.48. The monoisotopic (exact) mass is 237 g/mol. The van der Waals surface area contributed by atoms with Crippen LogP contribution < -0.4 is 5.73 Å². The zero-order valence-electron chi connectivity index (χ0n) is 8.90. The molecule has 0 saturated carbocycles. The van der Waals surface area contributed by atoms with E-state index in [4.69, 9.17) is 20.3 Å². The zero-order chi connectivity index (χ0) is 12.1. The molecule has 1 fully saturated rings. The van der Waals surface area contributed by atoms with Gasteiger partial charge in [-0.05, 0) is 13.0 Å². The van der Waals surface area contributed by atoms with Gasteiger partial charge in [0.05, 0.1) is 13.2 Å². The number of aliphatic hydroxyl groups is 4. The summed E-state index contributed by atoms with van der Waals surface area (Å²) in [4.78, 5) is 0. The SMILES string of the molecule is NCCCO[C@H]1OC(CO)[C@@H](O)[C@H](O)[C@H]1O. The molecule has 1 unspecified atom stereocenters. The molecule has 1 rings (SSSR count). The second-order valence-electron chi connectivity index (χ2n) is 3.71. The second-order valence-corrected chi connectivity index (χ2v) is 3.71. The summed E-state index contributed by atoms with van der Waals surface area (Å²) >= 11 is 0. The number of ether oxygens (including phenoxy) is 2. The van der Waals surface area contributed by atoms with E-state index in [0.29, 0.717) is 13.0 Å². The van der Waals surface area contributed by atoms with Gasteiger partial charge in [-0.25, -0.2) is 0 Å². The van der Waals surface area contributed by atoms with Crippen LogP contribution in [0.15, 0.2) is 0 Å². The van der Waals surface area contributed by atoms with Gasteiger partial charge in [0.25, 0.3) is 0 Å². The minimum absolute atomic E-state index is 0.277. The maximum atomic E-state index is 9.55. The Labute approximate surface area is 93.4 Å². The van der Waals surface area contributed by atoms with Gasteiger partial charge in [0.1, 0.15) is 24.4 Å². The van der Waals surface area contributed by atoms with Gasteiger partial charge in [0, 0.05) is 0 Å². The molecule has 0 aromatic rings.